The van der Waals surface area contributed by atoms with E-state index < -0.39 is 10.8 Å². The van der Waals surface area contributed by atoms with Gasteiger partial charge in [-0.25, -0.2) is 0 Å². The molecule has 0 amide bonds. The van der Waals surface area contributed by atoms with Gasteiger partial charge in [-0.15, -0.1) is 12.6 Å². The molecule has 0 fully saturated rings. The lowest BCUT2D eigenvalue weighted by Gasteiger charge is -2.49. The second-order valence-corrected chi connectivity index (χ2v) is 12.5. The van der Waals surface area contributed by atoms with Crippen molar-refractivity contribution in [2.75, 3.05) is 0 Å². The zero-order valence-corrected chi connectivity index (χ0v) is 26.7. The predicted molar refractivity (Wildman–Crippen MR) is 190 cm³/mol. The maximum Gasteiger partial charge on any atom is 0.0720 e. The first kappa shape index (κ1) is 28.4. The highest BCUT2D eigenvalue weighted by Crippen LogP contribution is 2.67. The van der Waals surface area contributed by atoms with Crippen LogP contribution in [0.4, 0.5) is 0 Å². The molecule has 216 valence electrons. The van der Waals surface area contributed by atoms with Gasteiger partial charge in [-0.3, -0.25) is 0 Å². The Balaban J connectivity index is 1.68. The number of fused-ring (bicyclic) bond motifs is 11. The van der Waals surface area contributed by atoms with E-state index in [2.05, 4.69) is 161 Å². The highest BCUT2D eigenvalue weighted by molar-refractivity contribution is 7.84. The number of hydrogen-bond acceptors (Lipinski definition) is 1. The van der Waals surface area contributed by atoms with Gasteiger partial charge < -0.3 is 0 Å². The van der Waals surface area contributed by atoms with Crippen LogP contribution in [0.2, 0.25) is 0 Å². The monoisotopic (exact) mass is 586 g/mol. The zero-order chi connectivity index (χ0) is 30.5. The number of hydrogen-bond donors (Lipinski definition) is 1. The van der Waals surface area contributed by atoms with Crippen molar-refractivity contribution < 1.29 is 0 Å². The molecular weight excluding hydrogens is 549 g/mol. The van der Waals surface area contributed by atoms with E-state index in [1.54, 1.807) is 0 Å². The van der Waals surface area contributed by atoms with E-state index in [4.69, 9.17) is 12.6 Å². The van der Waals surface area contributed by atoms with Crippen molar-refractivity contribution in [1.29, 1.82) is 0 Å². The van der Waals surface area contributed by atoms with Crippen molar-refractivity contribution in [3.63, 3.8) is 0 Å². The normalized spacial score (nSPS) is 17.5. The first-order valence-electron chi connectivity index (χ1n) is 15.8. The van der Waals surface area contributed by atoms with Gasteiger partial charge in [0.1, 0.15) is 0 Å². The van der Waals surface area contributed by atoms with Crippen LogP contribution in [0, 0.1) is 0 Å². The van der Waals surface area contributed by atoms with Gasteiger partial charge in [-0.2, -0.15) is 0 Å². The van der Waals surface area contributed by atoms with Crippen LogP contribution >= 0.6 is 12.6 Å². The third kappa shape index (κ3) is 3.66. The first-order chi connectivity index (χ1) is 21.6. The topological polar surface area (TPSA) is 0 Å². The van der Waals surface area contributed by atoms with Gasteiger partial charge in [0.05, 0.1) is 10.8 Å². The fraction of sp³-hybridized carbons (Fsp3) is 0.163. The minimum atomic E-state index is -0.534. The Morgan fingerprint density at radius 2 is 1.14 bits per heavy atom. The molecule has 1 heteroatoms. The Labute approximate surface area is 268 Å². The molecule has 7 rings (SSSR count). The molecule has 0 radical (unpaired) electrons. The van der Waals surface area contributed by atoms with Crippen molar-refractivity contribution in [1.82, 2.24) is 0 Å². The Morgan fingerprint density at radius 1 is 0.659 bits per heavy atom. The molecule has 0 aromatic heterocycles. The number of rotatable bonds is 6. The van der Waals surface area contributed by atoms with Crippen molar-refractivity contribution in [3.8, 4) is 11.1 Å². The van der Waals surface area contributed by atoms with E-state index in [0.29, 0.717) is 0 Å². The molecule has 0 atom stereocenters. The van der Waals surface area contributed by atoms with Crippen LogP contribution in [0.5, 0.6) is 0 Å². The predicted octanol–water partition coefficient (Wildman–Crippen LogP) is 11.2. The van der Waals surface area contributed by atoms with Gasteiger partial charge in [0.15, 0.2) is 0 Å². The minimum absolute atomic E-state index is 0.433. The third-order valence-electron chi connectivity index (χ3n) is 9.95. The maximum atomic E-state index is 4.98. The summed E-state index contributed by atoms with van der Waals surface area (Å²) in [5, 5.41) is 0. The molecule has 0 aliphatic heterocycles. The first-order valence-corrected chi connectivity index (χ1v) is 16.2. The van der Waals surface area contributed by atoms with E-state index in [-0.39, 0.29) is 0 Å². The summed E-state index contributed by atoms with van der Waals surface area (Å²) in [7, 11) is 0. The summed E-state index contributed by atoms with van der Waals surface area (Å²) >= 11 is 4.98. The van der Waals surface area contributed by atoms with Crippen molar-refractivity contribution in [2.45, 2.75) is 44.4 Å². The van der Waals surface area contributed by atoms with E-state index in [1.165, 1.54) is 66.8 Å². The minimum Gasteiger partial charge on any atom is -0.148 e. The summed E-state index contributed by atoms with van der Waals surface area (Å²) in [6, 6.07) is 36.4. The van der Waals surface area contributed by atoms with Gasteiger partial charge in [-0.1, -0.05) is 148 Å². The summed E-state index contributed by atoms with van der Waals surface area (Å²) in [5.41, 5.74) is 14.7. The molecule has 0 N–H and O–H groups in total. The Hall–Kier alpha value is -4.33. The number of benzene rings is 4. The van der Waals surface area contributed by atoms with E-state index in [9.17, 15) is 0 Å². The molecule has 0 bridgehead atoms. The SMILES string of the molecule is C=CC1=C(/C=C\C=C/CC)C(C)=C(/C=C(/S)CC)C12c1ccccc1C1(c3ccccc3-c3ccccc31)c1ccccc12. The molecule has 4 aromatic rings. The summed E-state index contributed by atoms with van der Waals surface area (Å²) in [6.45, 7) is 11.1. The Morgan fingerprint density at radius 3 is 1.61 bits per heavy atom. The fourth-order valence-electron chi connectivity index (χ4n) is 8.27. The summed E-state index contributed by atoms with van der Waals surface area (Å²) in [4.78, 5) is 1.07. The van der Waals surface area contributed by atoms with Crippen LogP contribution in [-0.2, 0) is 10.8 Å². The highest BCUT2D eigenvalue weighted by atomic mass is 32.1. The summed E-state index contributed by atoms with van der Waals surface area (Å²) in [5.74, 6) is 0. The second kappa shape index (κ2) is 11.0. The van der Waals surface area contributed by atoms with Crippen molar-refractivity contribution in [3.05, 3.63) is 201 Å². The molecule has 0 saturated heterocycles. The standard InChI is InChI=1S/C43H38S/c1-5-8-9-10-19-31-29(4)41(28-30(44)6-2)42(34(31)7-3)37-24-15-17-26-39(37)43(40-27-18-16-25-38(40)42)35-22-13-11-20-32(35)33-21-12-14-23-36(33)43/h7-28,44H,3,5-6H2,1-2,4H3/b9-8-,19-10-,30-28+. The van der Waals surface area contributed by atoms with Crippen LogP contribution in [0.1, 0.15) is 67.0 Å². The number of allylic oxidation sites excluding steroid dienone is 11. The van der Waals surface area contributed by atoms with E-state index in [0.717, 1.165) is 17.7 Å². The van der Waals surface area contributed by atoms with Crippen molar-refractivity contribution in [2.24, 2.45) is 0 Å². The molecule has 0 unspecified atom stereocenters. The Kier molecular flexibility index (Phi) is 7.10. The molecule has 3 aliphatic carbocycles. The van der Waals surface area contributed by atoms with Crippen LogP contribution in [0.3, 0.4) is 0 Å². The molecule has 44 heavy (non-hydrogen) atoms. The smallest absolute Gasteiger partial charge is 0.0720 e. The van der Waals surface area contributed by atoms with Crippen LogP contribution in [-0.4, -0.2) is 0 Å². The average molecular weight is 587 g/mol. The fourth-order valence-corrected chi connectivity index (χ4v) is 8.39. The second-order valence-electron chi connectivity index (χ2n) is 11.9. The maximum absolute atomic E-state index is 4.98. The molecule has 2 spiro atoms. The van der Waals surface area contributed by atoms with Crippen LogP contribution in [0.15, 0.2) is 167 Å². The molecule has 0 saturated carbocycles. The number of thiol groups is 1. The molecule has 3 aliphatic rings. The zero-order valence-electron chi connectivity index (χ0n) is 25.8. The van der Waals surface area contributed by atoms with Gasteiger partial charge in [0.2, 0.25) is 0 Å². The summed E-state index contributed by atoms with van der Waals surface area (Å²) < 4.78 is 0. The van der Waals surface area contributed by atoms with Gasteiger partial charge >= 0.3 is 0 Å². The third-order valence-corrected chi connectivity index (χ3v) is 10.4. The van der Waals surface area contributed by atoms with Crippen molar-refractivity contribution >= 4 is 12.6 Å². The highest BCUT2D eigenvalue weighted by Gasteiger charge is 2.58. The quantitative estimate of drug-likeness (QED) is 0.148. The molecule has 0 heterocycles. The largest absolute Gasteiger partial charge is 0.148 e. The van der Waals surface area contributed by atoms with E-state index >= 15 is 0 Å². The lowest BCUT2D eigenvalue weighted by atomic mass is 9.51. The van der Waals surface area contributed by atoms with E-state index in [1.807, 2.05) is 0 Å². The molecular formula is C43H38S. The lowest BCUT2D eigenvalue weighted by molar-refractivity contribution is 0.626. The Bertz CT molecular complexity index is 1880. The molecule has 4 aromatic carbocycles. The van der Waals surface area contributed by atoms with Gasteiger partial charge in [0.25, 0.3) is 0 Å². The average Bonchev–Trinajstić information content (AvgIpc) is 3.49. The molecule has 0 nitrogen and oxygen atoms in total. The van der Waals surface area contributed by atoms with Crippen LogP contribution < -0.4 is 0 Å². The van der Waals surface area contributed by atoms with Gasteiger partial charge in [0, 0.05) is 0 Å². The summed E-state index contributed by atoms with van der Waals surface area (Å²) in [6.07, 6.45) is 15.1. The lowest BCUT2D eigenvalue weighted by Crippen LogP contribution is -2.44. The van der Waals surface area contributed by atoms with Crippen LogP contribution in [0.25, 0.3) is 11.1 Å². The van der Waals surface area contributed by atoms with Gasteiger partial charge in [-0.05, 0) is 97.5 Å².